The van der Waals surface area contributed by atoms with Crippen molar-refractivity contribution in [1.29, 1.82) is 0 Å². The highest BCUT2D eigenvalue weighted by molar-refractivity contribution is 6.30. The van der Waals surface area contributed by atoms with Gasteiger partial charge in [0.25, 0.3) is 5.91 Å². The molecule has 2 aromatic carbocycles. The van der Waals surface area contributed by atoms with E-state index in [1.54, 1.807) is 4.90 Å². The minimum atomic E-state index is 0.314. The highest BCUT2D eigenvalue weighted by atomic mass is 35.5. The number of halogens is 1. The molecule has 2 N–H and O–H groups in total. The fourth-order valence-corrected chi connectivity index (χ4v) is 4.51. The van der Waals surface area contributed by atoms with Gasteiger partial charge in [-0.15, -0.1) is 0 Å². The summed E-state index contributed by atoms with van der Waals surface area (Å²) in [4.78, 5) is 20.2. The van der Waals surface area contributed by atoms with Crippen molar-refractivity contribution in [3.05, 3.63) is 65.2 Å². The zero-order valence-corrected chi connectivity index (χ0v) is 17.7. The van der Waals surface area contributed by atoms with E-state index in [0.29, 0.717) is 12.5 Å². The highest BCUT2D eigenvalue weighted by Gasteiger charge is 2.28. The van der Waals surface area contributed by atoms with Crippen LogP contribution in [0.25, 0.3) is 0 Å². The SMILES string of the molecule is O=C(C[NH+]1CC[NH+](Cc2ccc(Cl)cc2)CC1)N1CCN(c2ccccc2)CC1. The lowest BCUT2D eigenvalue weighted by molar-refractivity contribution is -1.02. The van der Waals surface area contributed by atoms with E-state index in [-0.39, 0.29) is 0 Å². The predicted octanol–water partition coefficient (Wildman–Crippen LogP) is -0.0278. The van der Waals surface area contributed by atoms with Crippen LogP contribution in [0.15, 0.2) is 54.6 Å². The lowest BCUT2D eigenvalue weighted by atomic mass is 10.2. The Morgan fingerprint density at radius 2 is 1.45 bits per heavy atom. The van der Waals surface area contributed by atoms with Gasteiger partial charge < -0.3 is 19.6 Å². The van der Waals surface area contributed by atoms with Gasteiger partial charge in [0.05, 0.1) is 0 Å². The molecule has 0 radical (unpaired) electrons. The lowest BCUT2D eigenvalue weighted by Crippen LogP contribution is -3.28. The molecule has 2 saturated heterocycles. The predicted molar refractivity (Wildman–Crippen MR) is 117 cm³/mol. The molecule has 2 heterocycles. The Bertz CT molecular complexity index is 782. The van der Waals surface area contributed by atoms with Crippen LogP contribution in [0.2, 0.25) is 5.02 Å². The second kappa shape index (κ2) is 9.61. The van der Waals surface area contributed by atoms with Crippen LogP contribution in [0.3, 0.4) is 0 Å². The minimum absolute atomic E-state index is 0.314. The van der Waals surface area contributed by atoms with E-state index in [1.165, 1.54) is 16.2 Å². The third kappa shape index (κ3) is 5.50. The number of para-hydroxylation sites is 1. The number of nitrogens with zero attached hydrogens (tertiary/aromatic N) is 2. The van der Waals surface area contributed by atoms with Crippen molar-refractivity contribution < 1.29 is 14.6 Å². The Kier molecular flexibility index (Phi) is 6.70. The van der Waals surface area contributed by atoms with Gasteiger partial charge in [0.15, 0.2) is 6.54 Å². The average molecular weight is 415 g/mol. The minimum Gasteiger partial charge on any atom is -0.368 e. The Morgan fingerprint density at radius 1 is 0.828 bits per heavy atom. The smallest absolute Gasteiger partial charge is 0.277 e. The molecule has 6 heteroatoms. The zero-order chi connectivity index (χ0) is 20.1. The molecule has 0 atom stereocenters. The Labute approximate surface area is 178 Å². The molecule has 5 nitrogen and oxygen atoms in total. The van der Waals surface area contributed by atoms with Gasteiger partial charge in [-0.1, -0.05) is 41.9 Å². The summed E-state index contributed by atoms with van der Waals surface area (Å²) in [6.45, 7) is 9.55. The summed E-state index contributed by atoms with van der Waals surface area (Å²) in [5, 5.41) is 0.793. The van der Waals surface area contributed by atoms with E-state index in [1.807, 2.05) is 18.2 Å². The van der Waals surface area contributed by atoms with Gasteiger partial charge in [0.2, 0.25) is 0 Å². The van der Waals surface area contributed by atoms with Crippen molar-refractivity contribution in [3.8, 4) is 0 Å². The van der Waals surface area contributed by atoms with Crippen molar-refractivity contribution in [2.45, 2.75) is 6.54 Å². The molecule has 0 bridgehead atoms. The molecule has 0 aliphatic carbocycles. The number of amides is 1. The maximum absolute atomic E-state index is 12.8. The molecule has 2 aliphatic rings. The van der Waals surface area contributed by atoms with Gasteiger partial charge in [-0.25, -0.2) is 0 Å². The van der Waals surface area contributed by atoms with Gasteiger partial charge >= 0.3 is 0 Å². The molecule has 2 aliphatic heterocycles. The molecular formula is C23H31ClN4O+2. The number of hydrogen-bond acceptors (Lipinski definition) is 2. The highest BCUT2D eigenvalue weighted by Crippen LogP contribution is 2.15. The summed E-state index contributed by atoms with van der Waals surface area (Å²) >= 11 is 5.98. The first kappa shape index (κ1) is 20.2. The molecule has 2 fully saturated rings. The van der Waals surface area contributed by atoms with Gasteiger partial charge in [-0.05, 0) is 24.3 Å². The van der Waals surface area contributed by atoms with Crippen LogP contribution in [0.5, 0.6) is 0 Å². The topological polar surface area (TPSA) is 32.4 Å². The number of quaternary nitrogens is 2. The molecule has 154 valence electrons. The normalized spacial score (nSPS) is 22.5. The van der Waals surface area contributed by atoms with Crippen molar-refractivity contribution in [3.63, 3.8) is 0 Å². The van der Waals surface area contributed by atoms with Crippen LogP contribution >= 0.6 is 11.6 Å². The van der Waals surface area contributed by atoms with Gasteiger partial charge in [-0.3, -0.25) is 4.79 Å². The molecule has 2 aromatic rings. The van der Waals surface area contributed by atoms with Crippen molar-refractivity contribution in [2.75, 3.05) is 63.8 Å². The molecule has 29 heavy (non-hydrogen) atoms. The molecule has 4 rings (SSSR count). The number of piperazine rings is 2. The maximum atomic E-state index is 12.8. The maximum Gasteiger partial charge on any atom is 0.277 e. The summed E-state index contributed by atoms with van der Waals surface area (Å²) in [6.07, 6.45) is 0. The number of carbonyl (C=O) groups excluding carboxylic acids is 1. The Hall–Kier alpha value is -2.08. The molecule has 1 amide bonds. The lowest BCUT2D eigenvalue weighted by Gasteiger charge is -2.37. The first-order valence-corrected chi connectivity index (χ1v) is 11.0. The zero-order valence-electron chi connectivity index (χ0n) is 16.9. The summed E-state index contributed by atoms with van der Waals surface area (Å²) in [5.41, 5.74) is 2.59. The molecule has 0 spiro atoms. The van der Waals surface area contributed by atoms with E-state index in [4.69, 9.17) is 11.6 Å². The van der Waals surface area contributed by atoms with Crippen molar-refractivity contribution >= 4 is 23.2 Å². The summed E-state index contributed by atoms with van der Waals surface area (Å²) in [6, 6.07) is 18.7. The third-order valence-electron chi connectivity index (χ3n) is 6.19. The number of hydrogen-bond donors (Lipinski definition) is 2. The number of benzene rings is 2. The first-order chi connectivity index (χ1) is 14.2. The number of rotatable bonds is 5. The van der Waals surface area contributed by atoms with E-state index < -0.39 is 0 Å². The van der Waals surface area contributed by atoms with E-state index in [9.17, 15) is 4.79 Å². The number of anilines is 1. The molecular weight excluding hydrogens is 384 g/mol. The van der Waals surface area contributed by atoms with Crippen LogP contribution in [0.1, 0.15) is 5.56 Å². The van der Waals surface area contributed by atoms with E-state index in [2.05, 4.69) is 46.2 Å². The van der Waals surface area contributed by atoms with Crippen LogP contribution in [-0.4, -0.2) is 69.7 Å². The molecule has 0 aromatic heterocycles. The third-order valence-corrected chi connectivity index (χ3v) is 6.44. The number of nitrogens with one attached hydrogen (secondary N) is 2. The monoisotopic (exact) mass is 414 g/mol. The van der Waals surface area contributed by atoms with Gasteiger partial charge in [-0.2, -0.15) is 0 Å². The largest absolute Gasteiger partial charge is 0.368 e. The van der Waals surface area contributed by atoms with Crippen LogP contribution < -0.4 is 14.7 Å². The van der Waals surface area contributed by atoms with Crippen LogP contribution in [0, 0.1) is 0 Å². The second-order valence-electron chi connectivity index (χ2n) is 8.18. The quantitative estimate of drug-likeness (QED) is 0.720. The van der Waals surface area contributed by atoms with Crippen LogP contribution in [0.4, 0.5) is 5.69 Å². The first-order valence-electron chi connectivity index (χ1n) is 10.7. The van der Waals surface area contributed by atoms with Crippen molar-refractivity contribution in [2.24, 2.45) is 0 Å². The Balaban J connectivity index is 1.19. The average Bonchev–Trinajstić information content (AvgIpc) is 2.77. The van der Waals surface area contributed by atoms with Crippen LogP contribution in [-0.2, 0) is 11.3 Å². The van der Waals surface area contributed by atoms with Gasteiger partial charge in [0.1, 0.15) is 32.7 Å². The summed E-state index contributed by atoms with van der Waals surface area (Å²) < 4.78 is 0. The standard InChI is InChI=1S/C23H29ClN4O/c24-21-8-6-20(7-9-21)18-25-10-12-26(13-11-25)19-23(29)28-16-14-27(15-17-28)22-4-2-1-3-5-22/h1-9H,10-19H2/p+2. The Morgan fingerprint density at radius 3 is 2.10 bits per heavy atom. The fourth-order valence-electron chi connectivity index (χ4n) is 4.38. The van der Waals surface area contributed by atoms with E-state index in [0.717, 1.165) is 63.9 Å². The van der Waals surface area contributed by atoms with Crippen molar-refractivity contribution in [1.82, 2.24) is 4.90 Å². The molecule has 0 saturated carbocycles. The van der Waals surface area contributed by atoms with Gasteiger partial charge in [0, 0.05) is 42.5 Å². The summed E-state index contributed by atoms with van der Waals surface area (Å²) in [5.74, 6) is 0.314. The number of carbonyl (C=O) groups is 1. The van der Waals surface area contributed by atoms with E-state index >= 15 is 0 Å². The summed E-state index contributed by atoms with van der Waals surface area (Å²) in [7, 11) is 0. The second-order valence-corrected chi connectivity index (χ2v) is 8.62. The fraction of sp³-hybridized carbons (Fsp3) is 0.435. The molecule has 0 unspecified atom stereocenters.